The first-order valence-electron chi connectivity index (χ1n) is 9.14. The minimum absolute atomic E-state index is 0.110. The van der Waals surface area contributed by atoms with Crippen LogP contribution in [-0.2, 0) is 4.79 Å². The number of benzene rings is 1. The van der Waals surface area contributed by atoms with E-state index in [4.69, 9.17) is 4.74 Å². The Morgan fingerprint density at radius 1 is 1.22 bits per heavy atom. The van der Waals surface area contributed by atoms with Gasteiger partial charge in [0.1, 0.15) is 5.75 Å². The van der Waals surface area contributed by atoms with Gasteiger partial charge in [0.2, 0.25) is 0 Å². The van der Waals surface area contributed by atoms with E-state index in [0.717, 1.165) is 23.9 Å². The summed E-state index contributed by atoms with van der Waals surface area (Å²) in [5, 5.41) is 3.05. The molecule has 2 aliphatic rings. The van der Waals surface area contributed by atoms with E-state index in [0.29, 0.717) is 19.2 Å². The van der Waals surface area contributed by atoms with Crippen molar-refractivity contribution in [2.75, 3.05) is 25.0 Å². The number of nitrogens with one attached hydrogen (secondary N) is 2. The minimum Gasteiger partial charge on any atom is -0.492 e. The molecular formula is C19H29N2O2+. The quantitative estimate of drug-likeness (QED) is 0.875. The molecule has 1 heterocycles. The van der Waals surface area contributed by atoms with Crippen LogP contribution in [0.3, 0.4) is 0 Å². The zero-order chi connectivity index (χ0) is 16.1. The number of anilines is 1. The highest BCUT2D eigenvalue weighted by Gasteiger charge is 2.37. The molecule has 0 bridgehead atoms. The maximum atomic E-state index is 12.5. The fourth-order valence-electron chi connectivity index (χ4n) is 4.34. The van der Waals surface area contributed by atoms with Gasteiger partial charge in [-0.1, -0.05) is 18.6 Å². The number of rotatable bonds is 5. The standard InChI is InChI=1S/C19H28N2O2/c1-2-23-18-12-6-4-10-16(18)20-19(22)14-21-13-7-9-15-8-3-5-11-17(15)21/h4,6,10,12,15,17H,2-3,5,7-9,11,13-14H2,1H3,(H,20,22)/p+1/t15-,17+/m1/s1. The number of carbonyl (C=O) groups excluding carboxylic acids is 1. The van der Waals surface area contributed by atoms with E-state index in [1.165, 1.54) is 43.4 Å². The fraction of sp³-hybridized carbons (Fsp3) is 0.632. The normalized spacial score (nSPS) is 27.1. The van der Waals surface area contributed by atoms with E-state index in [1.54, 1.807) is 0 Å². The first-order chi connectivity index (χ1) is 11.3. The van der Waals surface area contributed by atoms with Crippen molar-refractivity contribution in [1.82, 2.24) is 0 Å². The molecule has 3 atom stereocenters. The summed E-state index contributed by atoms with van der Waals surface area (Å²) < 4.78 is 5.59. The van der Waals surface area contributed by atoms with Gasteiger partial charge >= 0.3 is 0 Å². The van der Waals surface area contributed by atoms with Crippen molar-refractivity contribution in [1.29, 1.82) is 0 Å². The molecule has 3 rings (SSSR count). The number of ether oxygens (including phenoxy) is 1. The molecule has 126 valence electrons. The second-order valence-electron chi connectivity index (χ2n) is 6.86. The van der Waals surface area contributed by atoms with Crippen LogP contribution in [0.4, 0.5) is 5.69 Å². The van der Waals surface area contributed by atoms with Gasteiger partial charge in [-0.15, -0.1) is 0 Å². The third-order valence-corrected chi connectivity index (χ3v) is 5.35. The van der Waals surface area contributed by atoms with Gasteiger partial charge in [-0.2, -0.15) is 0 Å². The summed E-state index contributed by atoms with van der Waals surface area (Å²) in [5.41, 5.74) is 0.788. The molecule has 23 heavy (non-hydrogen) atoms. The average Bonchev–Trinajstić information content (AvgIpc) is 2.57. The van der Waals surface area contributed by atoms with Gasteiger partial charge in [-0.05, 0) is 51.2 Å². The van der Waals surface area contributed by atoms with Crippen molar-refractivity contribution < 1.29 is 14.4 Å². The number of hydrogen-bond acceptors (Lipinski definition) is 2. The molecule has 2 fully saturated rings. The van der Waals surface area contributed by atoms with Crippen molar-refractivity contribution in [3.05, 3.63) is 24.3 Å². The van der Waals surface area contributed by atoms with Crippen molar-refractivity contribution in [2.24, 2.45) is 5.92 Å². The number of likely N-dealkylation sites (tertiary alicyclic amines) is 1. The van der Waals surface area contributed by atoms with E-state index in [-0.39, 0.29) is 5.91 Å². The molecule has 0 radical (unpaired) electrons. The summed E-state index contributed by atoms with van der Waals surface area (Å²) in [6, 6.07) is 8.39. The molecule has 4 nitrogen and oxygen atoms in total. The van der Waals surface area contributed by atoms with Crippen LogP contribution >= 0.6 is 0 Å². The summed E-state index contributed by atoms with van der Waals surface area (Å²) in [5.74, 6) is 1.71. The smallest absolute Gasteiger partial charge is 0.279 e. The van der Waals surface area contributed by atoms with Crippen LogP contribution in [0.15, 0.2) is 24.3 Å². The third kappa shape index (κ3) is 4.05. The average molecular weight is 317 g/mol. The largest absolute Gasteiger partial charge is 0.492 e. The van der Waals surface area contributed by atoms with Gasteiger partial charge < -0.3 is 15.0 Å². The molecule has 1 amide bonds. The molecule has 1 aliphatic heterocycles. The lowest BCUT2D eigenvalue weighted by Crippen LogP contribution is -3.18. The van der Waals surface area contributed by atoms with E-state index >= 15 is 0 Å². The zero-order valence-corrected chi connectivity index (χ0v) is 14.1. The van der Waals surface area contributed by atoms with Gasteiger partial charge in [0.05, 0.1) is 24.9 Å². The van der Waals surface area contributed by atoms with E-state index in [1.807, 2.05) is 31.2 Å². The maximum Gasteiger partial charge on any atom is 0.279 e. The molecule has 4 heteroatoms. The predicted molar refractivity (Wildman–Crippen MR) is 91.9 cm³/mol. The van der Waals surface area contributed by atoms with Crippen LogP contribution in [0, 0.1) is 5.92 Å². The van der Waals surface area contributed by atoms with Crippen LogP contribution < -0.4 is 15.0 Å². The Morgan fingerprint density at radius 3 is 2.87 bits per heavy atom. The summed E-state index contributed by atoms with van der Waals surface area (Å²) in [6.45, 7) is 4.29. The van der Waals surface area contributed by atoms with Gasteiger partial charge in [-0.3, -0.25) is 4.79 Å². The minimum atomic E-state index is 0.110. The van der Waals surface area contributed by atoms with Gasteiger partial charge in [0, 0.05) is 5.92 Å². The highest BCUT2D eigenvalue weighted by molar-refractivity contribution is 5.92. The van der Waals surface area contributed by atoms with Gasteiger partial charge in [0.25, 0.3) is 5.91 Å². The number of amides is 1. The van der Waals surface area contributed by atoms with Crippen LogP contribution in [0.5, 0.6) is 5.75 Å². The predicted octanol–water partition coefficient (Wildman–Crippen LogP) is 2.26. The third-order valence-electron chi connectivity index (χ3n) is 5.35. The lowest BCUT2D eigenvalue weighted by molar-refractivity contribution is -0.928. The molecule has 2 N–H and O–H groups in total. The molecule has 0 spiro atoms. The number of quaternary nitrogens is 1. The van der Waals surface area contributed by atoms with E-state index < -0.39 is 0 Å². The lowest BCUT2D eigenvalue weighted by atomic mass is 9.78. The number of para-hydroxylation sites is 2. The molecular weight excluding hydrogens is 288 g/mol. The lowest BCUT2D eigenvalue weighted by Gasteiger charge is -2.40. The summed E-state index contributed by atoms with van der Waals surface area (Å²) >= 11 is 0. The molecule has 1 saturated carbocycles. The molecule has 1 aliphatic carbocycles. The molecule has 1 aromatic carbocycles. The number of carbonyl (C=O) groups is 1. The Hall–Kier alpha value is -1.55. The number of fused-ring (bicyclic) bond motifs is 1. The second-order valence-corrected chi connectivity index (χ2v) is 6.86. The Kier molecular flexibility index (Phi) is 5.55. The first-order valence-corrected chi connectivity index (χ1v) is 9.14. The molecule has 1 saturated heterocycles. The van der Waals surface area contributed by atoms with Crippen molar-refractivity contribution in [3.63, 3.8) is 0 Å². The van der Waals surface area contributed by atoms with Crippen molar-refractivity contribution in [3.8, 4) is 5.75 Å². The van der Waals surface area contributed by atoms with Gasteiger partial charge in [0.15, 0.2) is 6.54 Å². The Labute approximate surface area is 139 Å². The summed E-state index contributed by atoms with van der Waals surface area (Å²) in [7, 11) is 0. The van der Waals surface area contributed by atoms with E-state index in [9.17, 15) is 4.79 Å². The number of piperidine rings is 1. The highest BCUT2D eigenvalue weighted by Crippen LogP contribution is 2.28. The monoisotopic (exact) mass is 317 g/mol. The topological polar surface area (TPSA) is 42.8 Å². The van der Waals surface area contributed by atoms with Gasteiger partial charge in [-0.25, -0.2) is 0 Å². The van der Waals surface area contributed by atoms with Crippen LogP contribution in [0.1, 0.15) is 45.4 Å². The summed E-state index contributed by atoms with van der Waals surface area (Å²) in [4.78, 5) is 14.0. The first kappa shape index (κ1) is 16.3. The second kappa shape index (κ2) is 7.82. The summed E-state index contributed by atoms with van der Waals surface area (Å²) in [6.07, 6.45) is 8.00. The Morgan fingerprint density at radius 2 is 2.00 bits per heavy atom. The fourth-order valence-corrected chi connectivity index (χ4v) is 4.34. The van der Waals surface area contributed by atoms with Crippen LogP contribution in [0.2, 0.25) is 0 Å². The number of hydrogen-bond donors (Lipinski definition) is 2. The zero-order valence-electron chi connectivity index (χ0n) is 14.1. The maximum absolute atomic E-state index is 12.5. The molecule has 1 aromatic rings. The van der Waals surface area contributed by atoms with E-state index in [2.05, 4.69) is 5.32 Å². The van der Waals surface area contributed by atoms with Crippen LogP contribution in [-0.4, -0.2) is 31.6 Å². The highest BCUT2D eigenvalue weighted by atomic mass is 16.5. The van der Waals surface area contributed by atoms with Crippen LogP contribution in [0.25, 0.3) is 0 Å². The molecule has 1 unspecified atom stereocenters. The van der Waals surface area contributed by atoms with Crippen molar-refractivity contribution in [2.45, 2.75) is 51.5 Å². The Balaban J connectivity index is 1.60. The SMILES string of the molecule is CCOc1ccccc1NC(=O)C[NH+]1CCC[C@H]2CCCC[C@@H]21. The Bertz CT molecular complexity index is 530. The molecule has 0 aromatic heterocycles. The van der Waals surface area contributed by atoms with Crippen molar-refractivity contribution >= 4 is 11.6 Å².